The zero-order valence-electron chi connectivity index (χ0n) is 16.3. The lowest BCUT2D eigenvalue weighted by molar-refractivity contribution is 0.313. The van der Waals surface area contributed by atoms with Gasteiger partial charge in [0.25, 0.3) is 0 Å². The molecule has 0 radical (unpaired) electrons. The van der Waals surface area contributed by atoms with Crippen LogP contribution >= 0.6 is 0 Å². The summed E-state index contributed by atoms with van der Waals surface area (Å²) >= 11 is 0. The molecular formula is C22H24N6. The number of hydrogen-bond acceptors (Lipinski definition) is 5. The van der Waals surface area contributed by atoms with Crippen molar-refractivity contribution in [3.05, 3.63) is 60.6 Å². The van der Waals surface area contributed by atoms with Crippen molar-refractivity contribution in [2.75, 3.05) is 43.4 Å². The first-order chi connectivity index (χ1) is 13.7. The number of nitrogens with zero attached hydrogens (tertiary/aromatic N) is 5. The fourth-order valence-corrected chi connectivity index (χ4v) is 3.52. The first-order valence-electron chi connectivity index (χ1n) is 9.48. The number of para-hydroxylation sites is 2. The average Bonchev–Trinajstić information content (AvgIpc) is 3.06. The first kappa shape index (κ1) is 18.1. The van der Waals surface area contributed by atoms with Crippen LogP contribution in [0.3, 0.4) is 0 Å². The highest BCUT2D eigenvalue weighted by atomic mass is 15.2. The molecule has 1 aliphatic rings. The molecule has 6 heteroatoms. The van der Waals surface area contributed by atoms with Gasteiger partial charge in [-0.2, -0.15) is 5.26 Å². The number of anilines is 2. The molecule has 0 spiro atoms. The standard InChI is InChI=1S/C22H24N6/c1-26-11-13-28(14-12-26)19-9-7-18(8-10-19)24-16-17(15-23)22-25-20-5-3-4-6-21(20)27(22)2/h3-10,16,24H,11-14H2,1-2H3. The number of nitriles is 1. The molecule has 0 saturated carbocycles. The second-order valence-electron chi connectivity index (χ2n) is 7.13. The maximum atomic E-state index is 9.62. The monoisotopic (exact) mass is 372 g/mol. The predicted octanol–water partition coefficient (Wildman–Crippen LogP) is 3.30. The molecule has 2 aromatic carbocycles. The number of nitrogens with one attached hydrogen (secondary N) is 1. The Morgan fingerprint density at radius 1 is 1.04 bits per heavy atom. The number of piperazine rings is 1. The lowest BCUT2D eigenvalue weighted by Crippen LogP contribution is -2.44. The molecule has 0 bridgehead atoms. The van der Waals surface area contributed by atoms with Gasteiger partial charge in [0.2, 0.25) is 0 Å². The third-order valence-corrected chi connectivity index (χ3v) is 5.27. The molecule has 142 valence electrons. The molecule has 1 N–H and O–H groups in total. The minimum atomic E-state index is 0.502. The third-order valence-electron chi connectivity index (χ3n) is 5.27. The van der Waals surface area contributed by atoms with Crippen molar-refractivity contribution in [2.45, 2.75) is 0 Å². The second kappa shape index (κ2) is 7.75. The molecule has 4 rings (SSSR count). The third kappa shape index (κ3) is 3.57. The van der Waals surface area contributed by atoms with E-state index in [0.29, 0.717) is 11.4 Å². The highest BCUT2D eigenvalue weighted by Gasteiger charge is 2.14. The summed E-state index contributed by atoms with van der Waals surface area (Å²) in [5.41, 5.74) is 4.58. The highest BCUT2D eigenvalue weighted by molar-refractivity contribution is 5.83. The molecule has 1 fully saturated rings. The molecule has 1 aromatic heterocycles. The van der Waals surface area contributed by atoms with Gasteiger partial charge in [0.15, 0.2) is 5.82 Å². The number of rotatable bonds is 4. The average molecular weight is 372 g/mol. The van der Waals surface area contributed by atoms with Crippen LogP contribution in [0.2, 0.25) is 0 Å². The minimum absolute atomic E-state index is 0.502. The van der Waals surface area contributed by atoms with Crippen molar-refractivity contribution in [3.8, 4) is 6.07 Å². The number of imidazole rings is 1. The summed E-state index contributed by atoms with van der Waals surface area (Å²) in [6.07, 6.45) is 1.73. The normalized spacial score (nSPS) is 15.6. The van der Waals surface area contributed by atoms with E-state index in [1.54, 1.807) is 6.20 Å². The maximum absolute atomic E-state index is 9.62. The molecule has 0 unspecified atom stereocenters. The van der Waals surface area contributed by atoms with Crippen molar-refractivity contribution in [2.24, 2.45) is 7.05 Å². The summed E-state index contributed by atoms with van der Waals surface area (Å²) in [6.45, 7) is 4.28. The molecule has 0 atom stereocenters. The number of likely N-dealkylation sites (N-methyl/N-ethyl adjacent to an activating group) is 1. The fraction of sp³-hybridized carbons (Fsp3) is 0.273. The lowest BCUT2D eigenvalue weighted by Gasteiger charge is -2.34. The van der Waals surface area contributed by atoms with Gasteiger partial charge in [-0.3, -0.25) is 0 Å². The van der Waals surface area contributed by atoms with Crippen molar-refractivity contribution in [3.63, 3.8) is 0 Å². The van der Waals surface area contributed by atoms with Gasteiger partial charge >= 0.3 is 0 Å². The maximum Gasteiger partial charge on any atom is 0.153 e. The van der Waals surface area contributed by atoms with E-state index in [-0.39, 0.29) is 0 Å². The first-order valence-corrected chi connectivity index (χ1v) is 9.48. The molecule has 2 heterocycles. The van der Waals surface area contributed by atoms with Gasteiger partial charge in [0, 0.05) is 50.8 Å². The van der Waals surface area contributed by atoms with E-state index in [1.807, 2.05) is 48.0 Å². The van der Waals surface area contributed by atoms with Gasteiger partial charge in [0.1, 0.15) is 11.6 Å². The Balaban J connectivity index is 1.50. The summed E-state index contributed by atoms with van der Waals surface area (Å²) in [5, 5.41) is 12.9. The number of fused-ring (bicyclic) bond motifs is 1. The van der Waals surface area contributed by atoms with Crippen molar-refractivity contribution in [1.29, 1.82) is 5.26 Å². The van der Waals surface area contributed by atoms with E-state index in [4.69, 9.17) is 0 Å². The zero-order chi connectivity index (χ0) is 19.5. The Kier molecular flexibility index (Phi) is 5.00. The van der Waals surface area contributed by atoms with Crippen molar-refractivity contribution < 1.29 is 0 Å². The lowest BCUT2D eigenvalue weighted by atomic mass is 10.2. The van der Waals surface area contributed by atoms with Gasteiger partial charge in [-0.15, -0.1) is 0 Å². The predicted molar refractivity (Wildman–Crippen MR) is 114 cm³/mol. The number of aryl methyl sites for hydroxylation is 1. The van der Waals surface area contributed by atoms with Crippen LogP contribution < -0.4 is 10.2 Å². The van der Waals surface area contributed by atoms with Crippen LogP contribution in [0, 0.1) is 11.3 Å². The van der Waals surface area contributed by atoms with E-state index < -0.39 is 0 Å². The van der Waals surface area contributed by atoms with E-state index in [1.165, 1.54) is 5.69 Å². The molecule has 6 nitrogen and oxygen atoms in total. The van der Waals surface area contributed by atoms with Crippen LogP contribution in [0.25, 0.3) is 16.6 Å². The summed E-state index contributed by atoms with van der Waals surface area (Å²) in [7, 11) is 4.09. The summed E-state index contributed by atoms with van der Waals surface area (Å²) in [5.74, 6) is 0.658. The number of aromatic nitrogens is 2. The Hall–Kier alpha value is -3.30. The Bertz CT molecular complexity index is 1030. The van der Waals surface area contributed by atoms with Crippen LogP contribution in [-0.2, 0) is 7.05 Å². The smallest absolute Gasteiger partial charge is 0.153 e. The Morgan fingerprint density at radius 2 is 1.75 bits per heavy atom. The molecule has 3 aromatic rings. The molecule has 0 aliphatic carbocycles. The highest BCUT2D eigenvalue weighted by Crippen LogP contribution is 2.22. The second-order valence-corrected chi connectivity index (χ2v) is 7.13. The summed E-state index contributed by atoms with van der Waals surface area (Å²) < 4.78 is 1.95. The van der Waals surface area contributed by atoms with Crippen LogP contribution in [0.5, 0.6) is 0 Å². The minimum Gasteiger partial charge on any atom is -0.369 e. The Labute approximate surface area is 165 Å². The Morgan fingerprint density at radius 3 is 2.43 bits per heavy atom. The number of allylic oxidation sites excluding steroid dienone is 1. The van der Waals surface area contributed by atoms with Crippen LogP contribution in [-0.4, -0.2) is 47.7 Å². The number of benzene rings is 2. The largest absolute Gasteiger partial charge is 0.369 e. The summed E-state index contributed by atoms with van der Waals surface area (Å²) in [4.78, 5) is 9.35. The van der Waals surface area contributed by atoms with Crippen LogP contribution in [0.15, 0.2) is 54.7 Å². The molecular weight excluding hydrogens is 348 g/mol. The van der Waals surface area contributed by atoms with Crippen molar-refractivity contribution >= 4 is 28.0 Å². The SMILES string of the molecule is CN1CCN(c2ccc(NC=C(C#N)c3nc4ccccc4n3C)cc2)CC1. The van der Waals surface area contributed by atoms with E-state index in [2.05, 4.69) is 45.4 Å². The van der Waals surface area contributed by atoms with E-state index in [0.717, 1.165) is 42.9 Å². The molecule has 0 amide bonds. The van der Waals surface area contributed by atoms with Crippen LogP contribution in [0.4, 0.5) is 11.4 Å². The topological polar surface area (TPSA) is 60.1 Å². The quantitative estimate of drug-likeness (QED) is 0.712. The van der Waals surface area contributed by atoms with Crippen molar-refractivity contribution in [1.82, 2.24) is 14.5 Å². The molecule has 1 aliphatic heterocycles. The fourth-order valence-electron chi connectivity index (χ4n) is 3.52. The van der Waals surface area contributed by atoms with Gasteiger partial charge in [-0.25, -0.2) is 4.98 Å². The van der Waals surface area contributed by atoms with Gasteiger partial charge in [-0.1, -0.05) is 12.1 Å². The number of hydrogen-bond donors (Lipinski definition) is 1. The molecule has 1 saturated heterocycles. The van der Waals surface area contributed by atoms with Gasteiger partial charge in [0.05, 0.1) is 11.0 Å². The molecule has 28 heavy (non-hydrogen) atoms. The van der Waals surface area contributed by atoms with E-state index in [9.17, 15) is 5.26 Å². The van der Waals surface area contributed by atoms with Gasteiger partial charge < -0.3 is 19.7 Å². The van der Waals surface area contributed by atoms with Crippen LogP contribution in [0.1, 0.15) is 5.82 Å². The zero-order valence-corrected chi connectivity index (χ0v) is 16.3. The van der Waals surface area contributed by atoms with E-state index >= 15 is 0 Å². The summed E-state index contributed by atoms with van der Waals surface area (Å²) in [6, 6.07) is 18.5. The van der Waals surface area contributed by atoms with Gasteiger partial charge in [-0.05, 0) is 43.4 Å².